The maximum atomic E-state index is 12.9. The molecule has 0 saturated carbocycles. The van der Waals surface area contributed by atoms with Gasteiger partial charge in [-0.3, -0.25) is 9.69 Å². The second kappa shape index (κ2) is 6.30. The standard InChI is InChI=1S/C16H19N3OS2/c1-4-9-19(15(20)14-10(2)17-11(3)21-14)16-18-12-7-5-6-8-13(12)22-16/h4H,1,5-9H2,2-3H3. The summed E-state index contributed by atoms with van der Waals surface area (Å²) in [5.74, 6) is -0.0194. The van der Waals surface area contributed by atoms with Crippen LogP contribution in [0.5, 0.6) is 0 Å². The van der Waals surface area contributed by atoms with Crippen molar-refractivity contribution in [1.82, 2.24) is 9.97 Å². The number of carbonyl (C=O) groups excluding carboxylic acids is 1. The van der Waals surface area contributed by atoms with Crippen LogP contribution in [0.1, 0.15) is 43.8 Å². The third-order valence-electron chi connectivity index (χ3n) is 3.72. The Bertz CT molecular complexity index is 694. The predicted molar refractivity (Wildman–Crippen MR) is 92.2 cm³/mol. The fraction of sp³-hybridized carbons (Fsp3) is 0.438. The average molecular weight is 333 g/mol. The molecule has 22 heavy (non-hydrogen) atoms. The van der Waals surface area contributed by atoms with Crippen molar-refractivity contribution >= 4 is 33.7 Å². The Hall–Kier alpha value is -1.53. The number of hydrogen-bond donors (Lipinski definition) is 0. The lowest BCUT2D eigenvalue weighted by molar-refractivity contribution is 0.0993. The van der Waals surface area contributed by atoms with E-state index in [0.29, 0.717) is 11.4 Å². The highest BCUT2D eigenvalue weighted by Gasteiger charge is 2.25. The van der Waals surface area contributed by atoms with Gasteiger partial charge in [-0.25, -0.2) is 9.97 Å². The van der Waals surface area contributed by atoms with E-state index in [9.17, 15) is 4.79 Å². The minimum absolute atomic E-state index is 0.0194. The van der Waals surface area contributed by atoms with Crippen molar-refractivity contribution in [2.45, 2.75) is 39.5 Å². The average Bonchev–Trinajstić information content (AvgIpc) is 3.06. The third kappa shape index (κ3) is 2.85. The molecule has 0 atom stereocenters. The Kier molecular flexibility index (Phi) is 4.40. The normalized spacial score (nSPS) is 13.7. The van der Waals surface area contributed by atoms with E-state index in [1.165, 1.54) is 34.7 Å². The summed E-state index contributed by atoms with van der Waals surface area (Å²) in [4.78, 5) is 25.7. The third-order valence-corrected chi connectivity index (χ3v) is 5.96. The second-order valence-electron chi connectivity index (χ2n) is 5.43. The van der Waals surface area contributed by atoms with Crippen LogP contribution < -0.4 is 4.90 Å². The van der Waals surface area contributed by atoms with Gasteiger partial charge < -0.3 is 0 Å². The van der Waals surface area contributed by atoms with E-state index in [4.69, 9.17) is 4.98 Å². The summed E-state index contributed by atoms with van der Waals surface area (Å²) in [6.07, 6.45) is 6.28. The molecule has 116 valence electrons. The number of thiazole rings is 2. The van der Waals surface area contributed by atoms with Crippen LogP contribution in [0.15, 0.2) is 12.7 Å². The van der Waals surface area contributed by atoms with Crippen molar-refractivity contribution < 1.29 is 4.79 Å². The Morgan fingerprint density at radius 3 is 2.68 bits per heavy atom. The number of hydrogen-bond acceptors (Lipinski definition) is 5. The number of anilines is 1. The van der Waals surface area contributed by atoms with Crippen molar-refractivity contribution in [3.8, 4) is 0 Å². The molecule has 6 heteroatoms. The molecule has 1 aliphatic carbocycles. The highest BCUT2D eigenvalue weighted by molar-refractivity contribution is 7.16. The van der Waals surface area contributed by atoms with Crippen molar-refractivity contribution in [2.75, 3.05) is 11.4 Å². The maximum Gasteiger partial charge on any atom is 0.272 e. The van der Waals surface area contributed by atoms with Gasteiger partial charge in [0.25, 0.3) is 5.91 Å². The molecule has 0 bridgehead atoms. The predicted octanol–water partition coefficient (Wildman–Crippen LogP) is 3.93. The Morgan fingerprint density at radius 1 is 1.27 bits per heavy atom. The molecule has 0 N–H and O–H groups in total. The van der Waals surface area contributed by atoms with E-state index >= 15 is 0 Å². The lowest BCUT2D eigenvalue weighted by Crippen LogP contribution is -2.30. The van der Waals surface area contributed by atoms with Crippen LogP contribution in [-0.2, 0) is 12.8 Å². The fourth-order valence-electron chi connectivity index (χ4n) is 2.68. The van der Waals surface area contributed by atoms with Crippen molar-refractivity contribution in [3.63, 3.8) is 0 Å². The lowest BCUT2D eigenvalue weighted by atomic mass is 10.0. The van der Waals surface area contributed by atoms with E-state index in [2.05, 4.69) is 11.6 Å². The number of aromatic nitrogens is 2. The first-order chi connectivity index (χ1) is 10.6. The van der Waals surface area contributed by atoms with Crippen LogP contribution in [0.4, 0.5) is 5.13 Å². The van der Waals surface area contributed by atoms with Crippen LogP contribution in [0.2, 0.25) is 0 Å². The molecule has 0 radical (unpaired) electrons. The smallest absolute Gasteiger partial charge is 0.272 e. The highest BCUT2D eigenvalue weighted by Crippen LogP contribution is 2.33. The minimum Gasteiger partial charge on any atom is -0.279 e. The van der Waals surface area contributed by atoms with E-state index < -0.39 is 0 Å². The summed E-state index contributed by atoms with van der Waals surface area (Å²) in [6, 6.07) is 0. The molecule has 0 spiro atoms. The van der Waals surface area contributed by atoms with E-state index in [-0.39, 0.29) is 5.91 Å². The number of rotatable bonds is 4. The van der Waals surface area contributed by atoms with Gasteiger partial charge in [0.1, 0.15) is 4.88 Å². The van der Waals surface area contributed by atoms with Gasteiger partial charge >= 0.3 is 0 Å². The summed E-state index contributed by atoms with van der Waals surface area (Å²) in [6.45, 7) is 8.07. The zero-order chi connectivity index (χ0) is 15.7. The Morgan fingerprint density at radius 2 is 2.05 bits per heavy atom. The second-order valence-corrected chi connectivity index (χ2v) is 7.69. The molecule has 1 aliphatic rings. The number of fused-ring (bicyclic) bond motifs is 1. The van der Waals surface area contributed by atoms with Gasteiger partial charge in [-0.05, 0) is 39.5 Å². The molecule has 4 nitrogen and oxygen atoms in total. The van der Waals surface area contributed by atoms with Gasteiger partial charge in [-0.1, -0.05) is 6.08 Å². The van der Waals surface area contributed by atoms with Crippen molar-refractivity contribution in [3.05, 3.63) is 38.8 Å². The molecule has 2 aromatic heterocycles. The quantitative estimate of drug-likeness (QED) is 0.797. The molecular formula is C16H19N3OS2. The van der Waals surface area contributed by atoms with E-state index in [1.807, 2.05) is 13.8 Å². The van der Waals surface area contributed by atoms with Crippen molar-refractivity contribution in [2.24, 2.45) is 0 Å². The van der Waals surface area contributed by atoms with Gasteiger partial charge in [0.2, 0.25) is 0 Å². The first-order valence-corrected chi connectivity index (χ1v) is 9.09. The fourth-order valence-corrected chi connectivity index (χ4v) is 4.71. The molecule has 0 aromatic carbocycles. The Balaban J connectivity index is 1.95. The van der Waals surface area contributed by atoms with Crippen LogP contribution in [0.25, 0.3) is 0 Å². The molecule has 2 heterocycles. The number of nitrogens with zero attached hydrogens (tertiary/aromatic N) is 3. The maximum absolute atomic E-state index is 12.9. The van der Waals surface area contributed by atoms with Gasteiger partial charge in [-0.15, -0.1) is 29.3 Å². The molecule has 2 aromatic rings. The monoisotopic (exact) mass is 333 g/mol. The zero-order valence-electron chi connectivity index (χ0n) is 12.9. The number of carbonyl (C=O) groups is 1. The summed E-state index contributed by atoms with van der Waals surface area (Å²) in [5.41, 5.74) is 1.97. The van der Waals surface area contributed by atoms with Crippen LogP contribution in [-0.4, -0.2) is 22.4 Å². The zero-order valence-corrected chi connectivity index (χ0v) is 14.5. The molecule has 0 unspecified atom stereocenters. The number of aryl methyl sites for hydroxylation is 4. The van der Waals surface area contributed by atoms with Gasteiger partial charge in [0.15, 0.2) is 5.13 Å². The molecular weight excluding hydrogens is 314 g/mol. The molecule has 0 aliphatic heterocycles. The highest BCUT2D eigenvalue weighted by atomic mass is 32.1. The van der Waals surface area contributed by atoms with E-state index in [1.54, 1.807) is 22.3 Å². The first-order valence-electron chi connectivity index (χ1n) is 7.45. The summed E-state index contributed by atoms with van der Waals surface area (Å²) < 4.78 is 0. The minimum atomic E-state index is -0.0194. The molecule has 1 amide bonds. The first kappa shape index (κ1) is 15.4. The largest absolute Gasteiger partial charge is 0.279 e. The van der Waals surface area contributed by atoms with Gasteiger partial charge in [0, 0.05) is 11.4 Å². The Labute approximate surface area is 138 Å². The van der Waals surface area contributed by atoms with E-state index in [0.717, 1.165) is 28.7 Å². The van der Waals surface area contributed by atoms with Crippen LogP contribution in [0, 0.1) is 13.8 Å². The van der Waals surface area contributed by atoms with Gasteiger partial charge in [-0.2, -0.15) is 0 Å². The molecule has 3 rings (SSSR count). The summed E-state index contributed by atoms with van der Waals surface area (Å²) in [7, 11) is 0. The van der Waals surface area contributed by atoms with Crippen molar-refractivity contribution in [1.29, 1.82) is 0 Å². The van der Waals surface area contributed by atoms with Gasteiger partial charge in [0.05, 0.1) is 16.4 Å². The molecule has 0 fully saturated rings. The SMILES string of the molecule is C=CCN(C(=O)c1sc(C)nc1C)c1nc2c(s1)CCCC2. The summed E-state index contributed by atoms with van der Waals surface area (Å²) in [5, 5.41) is 1.71. The lowest BCUT2D eigenvalue weighted by Gasteiger charge is -2.17. The summed E-state index contributed by atoms with van der Waals surface area (Å²) >= 11 is 3.10. The molecule has 0 saturated heterocycles. The number of amides is 1. The topological polar surface area (TPSA) is 46.1 Å². The van der Waals surface area contributed by atoms with Crippen LogP contribution >= 0.6 is 22.7 Å². The van der Waals surface area contributed by atoms with Crippen LogP contribution in [0.3, 0.4) is 0 Å².